The second-order valence-corrected chi connectivity index (χ2v) is 4.78. The van der Waals surface area contributed by atoms with E-state index in [2.05, 4.69) is 31.2 Å². The summed E-state index contributed by atoms with van der Waals surface area (Å²) in [7, 11) is 7.57. The van der Waals surface area contributed by atoms with Gasteiger partial charge in [0.1, 0.15) is 11.5 Å². The van der Waals surface area contributed by atoms with Gasteiger partial charge in [0.15, 0.2) is 0 Å². The molecule has 19 heavy (non-hydrogen) atoms. The van der Waals surface area contributed by atoms with Crippen LogP contribution in [0.5, 0.6) is 11.5 Å². The molecule has 0 aliphatic heterocycles. The van der Waals surface area contributed by atoms with E-state index in [4.69, 9.17) is 9.47 Å². The molecule has 0 aromatic heterocycles. The zero-order valence-corrected chi connectivity index (χ0v) is 12.7. The van der Waals surface area contributed by atoms with E-state index in [0.717, 1.165) is 36.6 Å². The lowest BCUT2D eigenvalue weighted by Gasteiger charge is -2.24. The maximum Gasteiger partial charge on any atom is 0.127 e. The topological polar surface area (TPSA) is 33.7 Å². The van der Waals surface area contributed by atoms with Gasteiger partial charge in [-0.25, -0.2) is 0 Å². The summed E-state index contributed by atoms with van der Waals surface area (Å²) in [6.07, 6.45) is 1.01. The maximum atomic E-state index is 5.49. The average molecular weight is 266 g/mol. The molecule has 0 fully saturated rings. The Morgan fingerprint density at radius 3 is 2.16 bits per heavy atom. The van der Waals surface area contributed by atoms with Crippen LogP contribution in [0.2, 0.25) is 0 Å². The molecule has 0 amide bonds. The molecule has 1 aromatic carbocycles. The van der Waals surface area contributed by atoms with Crippen LogP contribution in [0, 0.1) is 0 Å². The smallest absolute Gasteiger partial charge is 0.127 e. The van der Waals surface area contributed by atoms with Crippen LogP contribution in [-0.2, 0) is 0 Å². The predicted molar refractivity (Wildman–Crippen MR) is 79.1 cm³/mol. The highest BCUT2D eigenvalue weighted by molar-refractivity contribution is 5.47. The number of nitrogens with one attached hydrogen (secondary N) is 1. The molecular weight excluding hydrogens is 240 g/mol. The quantitative estimate of drug-likeness (QED) is 0.783. The van der Waals surface area contributed by atoms with Crippen molar-refractivity contribution in [2.75, 3.05) is 41.4 Å². The van der Waals surface area contributed by atoms with E-state index in [9.17, 15) is 0 Å². The van der Waals surface area contributed by atoms with Crippen molar-refractivity contribution in [2.24, 2.45) is 0 Å². The van der Waals surface area contributed by atoms with Crippen LogP contribution in [0.15, 0.2) is 18.2 Å². The largest absolute Gasteiger partial charge is 0.496 e. The van der Waals surface area contributed by atoms with E-state index in [-0.39, 0.29) is 6.04 Å². The minimum Gasteiger partial charge on any atom is -0.496 e. The highest BCUT2D eigenvalue weighted by Gasteiger charge is 2.20. The van der Waals surface area contributed by atoms with E-state index >= 15 is 0 Å². The van der Waals surface area contributed by atoms with Crippen molar-refractivity contribution in [3.05, 3.63) is 23.8 Å². The number of ether oxygens (including phenoxy) is 2. The van der Waals surface area contributed by atoms with Gasteiger partial charge in [-0.3, -0.25) is 0 Å². The second kappa shape index (κ2) is 8.02. The van der Waals surface area contributed by atoms with Gasteiger partial charge in [-0.2, -0.15) is 0 Å². The first-order chi connectivity index (χ1) is 9.13. The van der Waals surface area contributed by atoms with Crippen LogP contribution in [0.1, 0.15) is 24.9 Å². The van der Waals surface area contributed by atoms with E-state index in [0.29, 0.717) is 0 Å². The third kappa shape index (κ3) is 4.40. The van der Waals surface area contributed by atoms with Gasteiger partial charge in [-0.1, -0.05) is 13.0 Å². The summed E-state index contributed by atoms with van der Waals surface area (Å²) in [5.74, 6) is 1.76. The molecule has 0 radical (unpaired) electrons. The van der Waals surface area contributed by atoms with Gasteiger partial charge in [0.2, 0.25) is 0 Å². The summed E-state index contributed by atoms with van der Waals surface area (Å²) in [5, 5.41) is 3.52. The molecule has 0 aliphatic carbocycles. The zero-order chi connectivity index (χ0) is 14.3. The summed E-state index contributed by atoms with van der Waals surface area (Å²) < 4.78 is 11.0. The Labute approximate surface area is 116 Å². The molecule has 1 rings (SSSR count). The van der Waals surface area contributed by atoms with Crippen LogP contribution in [0.25, 0.3) is 0 Å². The molecule has 0 aliphatic rings. The van der Waals surface area contributed by atoms with Crippen LogP contribution < -0.4 is 14.8 Å². The lowest BCUT2D eigenvalue weighted by atomic mass is 10.0. The van der Waals surface area contributed by atoms with E-state index < -0.39 is 0 Å². The van der Waals surface area contributed by atoms with Gasteiger partial charge >= 0.3 is 0 Å². The first-order valence-corrected chi connectivity index (χ1v) is 6.73. The monoisotopic (exact) mass is 266 g/mol. The van der Waals surface area contributed by atoms with Crippen molar-refractivity contribution in [1.82, 2.24) is 10.2 Å². The Morgan fingerprint density at radius 1 is 1.16 bits per heavy atom. The number of methoxy groups -OCH3 is 2. The van der Waals surface area contributed by atoms with Gasteiger partial charge in [0.25, 0.3) is 0 Å². The Kier molecular flexibility index (Phi) is 6.67. The number of rotatable bonds is 8. The van der Waals surface area contributed by atoms with Gasteiger partial charge in [-0.05, 0) is 45.7 Å². The molecule has 0 saturated carbocycles. The van der Waals surface area contributed by atoms with Gasteiger partial charge in [0.05, 0.1) is 19.8 Å². The minimum atomic E-state index is 0.235. The first-order valence-electron chi connectivity index (χ1n) is 6.73. The Balaban J connectivity index is 3.05. The van der Waals surface area contributed by atoms with Crippen LogP contribution in [-0.4, -0.2) is 46.3 Å². The normalized spacial score (nSPS) is 12.5. The van der Waals surface area contributed by atoms with Crippen LogP contribution in [0.4, 0.5) is 0 Å². The summed E-state index contributed by atoms with van der Waals surface area (Å²) in [4.78, 5) is 2.19. The van der Waals surface area contributed by atoms with Crippen molar-refractivity contribution in [2.45, 2.75) is 19.4 Å². The Morgan fingerprint density at radius 2 is 1.74 bits per heavy atom. The van der Waals surface area contributed by atoms with Crippen LogP contribution in [0.3, 0.4) is 0 Å². The molecule has 0 spiro atoms. The highest BCUT2D eigenvalue weighted by atomic mass is 16.5. The fraction of sp³-hybridized carbons (Fsp3) is 0.600. The standard InChI is InChI=1S/C15H26N2O2/c1-6-16-12(10-11-17(2)3)15-13(18-4)8-7-9-14(15)19-5/h7-9,12,16H,6,10-11H2,1-5H3. The minimum absolute atomic E-state index is 0.235. The first kappa shape index (κ1) is 15.8. The number of nitrogens with zero attached hydrogens (tertiary/aromatic N) is 1. The van der Waals surface area contributed by atoms with Crippen LogP contribution >= 0.6 is 0 Å². The molecule has 1 unspecified atom stereocenters. The third-order valence-electron chi connectivity index (χ3n) is 3.13. The van der Waals surface area contributed by atoms with Crippen molar-refractivity contribution in [1.29, 1.82) is 0 Å². The van der Waals surface area contributed by atoms with Crippen molar-refractivity contribution in [3.8, 4) is 11.5 Å². The van der Waals surface area contributed by atoms with Gasteiger partial charge in [-0.15, -0.1) is 0 Å². The van der Waals surface area contributed by atoms with Gasteiger partial charge in [0, 0.05) is 6.04 Å². The summed E-state index contributed by atoms with van der Waals surface area (Å²) >= 11 is 0. The average Bonchev–Trinajstić information content (AvgIpc) is 2.42. The molecule has 4 nitrogen and oxygen atoms in total. The molecule has 0 saturated heterocycles. The highest BCUT2D eigenvalue weighted by Crippen LogP contribution is 2.35. The fourth-order valence-corrected chi connectivity index (χ4v) is 2.21. The lowest BCUT2D eigenvalue weighted by Crippen LogP contribution is -2.26. The molecule has 4 heteroatoms. The molecule has 0 bridgehead atoms. The van der Waals surface area contributed by atoms with E-state index in [1.165, 1.54) is 0 Å². The molecule has 1 atom stereocenters. The second-order valence-electron chi connectivity index (χ2n) is 4.78. The maximum absolute atomic E-state index is 5.49. The lowest BCUT2D eigenvalue weighted by molar-refractivity contribution is 0.338. The predicted octanol–water partition coefficient (Wildman–Crippen LogP) is 2.31. The molecule has 0 heterocycles. The van der Waals surface area contributed by atoms with Crippen molar-refractivity contribution >= 4 is 0 Å². The molecular formula is C15H26N2O2. The van der Waals surface area contributed by atoms with E-state index in [1.807, 2.05) is 18.2 Å². The molecule has 1 aromatic rings. The number of hydrogen-bond acceptors (Lipinski definition) is 4. The van der Waals surface area contributed by atoms with E-state index in [1.54, 1.807) is 14.2 Å². The Bertz CT molecular complexity index is 358. The van der Waals surface area contributed by atoms with Gasteiger partial charge < -0.3 is 19.7 Å². The summed E-state index contributed by atoms with van der Waals surface area (Å²) in [6, 6.07) is 6.16. The third-order valence-corrected chi connectivity index (χ3v) is 3.13. The fourth-order valence-electron chi connectivity index (χ4n) is 2.21. The number of hydrogen-bond donors (Lipinski definition) is 1. The number of benzene rings is 1. The SMILES string of the molecule is CCNC(CCN(C)C)c1c(OC)cccc1OC. The molecule has 108 valence electrons. The zero-order valence-electron chi connectivity index (χ0n) is 12.7. The summed E-state index contributed by atoms with van der Waals surface area (Å²) in [6.45, 7) is 4.04. The molecule has 1 N–H and O–H groups in total. The van der Waals surface area contributed by atoms with Crippen molar-refractivity contribution in [3.63, 3.8) is 0 Å². The Hall–Kier alpha value is -1.26. The summed E-state index contributed by atoms with van der Waals surface area (Å²) in [5.41, 5.74) is 1.11. The van der Waals surface area contributed by atoms with Crippen molar-refractivity contribution < 1.29 is 9.47 Å².